The largest absolute Gasteiger partial charge is 0.444 e. The monoisotopic (exact) mass is 373 g/mol. The molecule has 2 aliphatic rings. The number of likely N-dealkylation sites (tertiary alicyclic amines) is 1. The molecule has 0 unspecified atom stereocenters. The number of hydrogen-bond donors (Lipinski definition) is 1. The van der Waals surface area contributed by atoms with E-state index in [4.69, 9.17) is 10.5 Å². The molecule has 0 aromatic heterocycles. The van der Waals surface area contributed by atoms with E-state index in [0.29, 0.717) is 5.92 Å². The van der Waals surface area contributed by atoms with Crippen molar-refractivity contribution in [3.8, 4) is 0 Å². The number of carbonyl (C=O) groups excluding carboxylic acids is 1. The summed E-state index contributed by atoms with van der Waals surface area (Å²) in [4.78, 5) is 16.5. The summed E-state index contributed by atoms with van der Waals surface area (Å²) in [5, 5.41) is 0. The van der Waals surface area contributed by atoms with Gasteiger partial charge in [0.05, 0.1) is 11.4 Å². The molecule has 2 aliphatic heterocycles. The maximum absolute atomic E-state index is 12.2. The molecule has 0 aliphatic carbocycles. The van der Waals surface area contributed by atoms with Crippen LogP contribution in [0.2, 0.25) is 0 Å². The van der Waals surface area contributed by atoms with E-state index in [-0.39, 0.29) is 6.09 Å². The lowest BCUT2D eigenvalue weighted by molar-refractivity contribution is 0.0205. The van der Waals surface area contributed by atoms with E-state index in [9.17, 15) is 4.79 Å². The second-order valence-electron chi connectivity index (χ2n) is 9.23. The Morgan fingerprint density at radius 2 is 1.70 bits per heavy atom. The van der Waals surface area contributed by atoms with Crippen LogP contribution in [-0.4, -0.2) is 42.8 Å². The van der Waals surface area contributed by atoms with Crippen LogP contribution >= 0.6 is 0 Å². The van der Waals surface area contributed by atoms with Crippen LogP contribution in [0.4, 0.5) is 16.2 Å². The van der Waals surface area contributed by atoms with Crippen LogP contribution in [0, 0.1) is 5.92 Å². The predicted molar refractivity (Wildman–Crippen MR) is 111 cm³/mol. The van der Waals surface area contributed by atoms with Crippen molar-refractivity contribution >= 4 is 17.5 Å². The third kappa shape index (κ3) is 5.08. The van der Waals surface area contributed by atoms with Crippen molar-refractivity contribution < 1.29 is 9.53 Å². The highest BCUT2D eigenvalue weighted by Gasteiger charge is 2.28. The zero-order valence-electron chi connectivity index (χ0n) is 17.3. The van der Waals surface area contributed by atoms with Gasteiger partial charge in [0.1, 0.15) is 5.60 Å². The number of anilines is 2. The fraction of sp³-hybridized carbons (Fsp3) is 0.682. The molecule has 2 saturated heterocycles. The van der Waals surface area contributed by atoms with Gasteiger partial charge < -0.3 is 20.3 Å². The topological polar surface area (TPSA) is 58.8 Å². The minimum atomic E-state index is -0.440. The fourth-order valence-electron chi connectivity index (χ4n) is 4.09. The lowest BCUT2D eigenvalue weighted by atomic mass is 9.89. The second kappa shape index (κ2) is 7.99. The van der Waals surface area contributed by atoms with Gasteiger partial charge in [0, 0.05) is 26.2 Å². The smallest absolute Gasteiger partial charge is 0.410 e. The van der Waals surface area contributed by atoms with Crippen LogP contribution in [-0.2, 0) is 4.74 Å². The van der Waals surface area contributed by atoms with E-state index in [0.717, 1.165) is 50.6 Å². The molecule has 1 aromatic rings. The van der Waals surface area contributed by atoms with E-state index in [1.807, 2.05) is 25.7 Å². The maximum atomic E-state index is 12.2. The first kappa shape index (κ1) is 19.8. The number of hydrogen-bond acceptors (Lipinski definition) is 4. The third-order valence-electron chi connectivity index (χ3n) is 5.79. The number of ether oxygens (including phenoxy) is 1. The number of carbonyl (C=O) groups is 1. The van der Waals surface area contributed by atoms with E-state index < -0.39 is 5.60 Å². The number of nitrogen functional groups attached to an aromatic ring is 1. The number of piperidine rings is 2. The van der Waals surface area contributed by atoms with Gasteiger partial charge in [-0.1, -0.05) is 13.0 Å². The molecule has 2 heterocycles. The first-order valence-electron chi connectivity index (χ1n) is 10.4. The van der Waals surface area contributed by atoms with Crippen molar-refractivity contribution in [1.29, 1.82) is 0 Å². The van der Waals surface area contributed by atoms with Crippen LogP contribution in [0.15, 0.2) is 18.2 Å². The molecule has 2 fully saturated rings. The molecule has 5 heteroatoms. The minimum Gasteiger partial charge on any atom is -0.444 e. The van der Waals surface area contributed by atoms with Gasteiger partial charge in [-0.25, -0.2) is 4.79 Å². The second-order valence-corrected chi connectivity index (χ2v) is 9.23. The lowest BCUT2D eigenvalue weighted by Gasteiger charge is -2.35. The molecule has 0 radical (unpaired) electrons. The normalized spacial score (nSPS) is 20.0. The van der Waals surface area contributed by atoms with Crippen LogP contribution < -0.4 is 10.6 Å². The Bertz CT molecular complexity index is 652. The van der Waals surface area contributed by atoms with E-state index >= 15 is 0 Å². The van der Waals surface area contributed by atoms with E-state index in [2.05, 4.69) is 30.0 Å². The first-order chi connectivity index (χ1) is 12.7. The first-order valence-corrected chi connectivity index (χ1v) is 10.4. The number of nitrogens with zero attached hydrogens (tertiary/aromatic N) is 2. The van der Waals surface area contributed by atoms with Crippen molar-refractivity contribution in [2.75, 3.05) is 36.8 Å². The van der Waals surface area contributed by atoms with Gasteiger partial charge in [-0.3, -0.25) is 0 Å². The summed E-state index contributed by atoms with van der Waals surface area (Å²) < 4.78 is 5.49. The standard InChI is InChI=1S/C22H35N3O2/c1-16-7-11-24(12-8-16)20-6-5-18(15-19(20)23)17-9-13-25(14-10-17)21(26)27-22(2,3)4/h5-6,15-17H,7-14,23H2,1-4H3. The number of benzene rings is 1. The van der Waals surface area contributed by atoms with Crippen molar-refractivity contribution in [3.63, 3.8) is 0 Å². The van der Waals surface area contributed by atoms with Crippen LogP contribution in [0.3, 0.4) is 0 Å². The Kier molecular flexibility index (Phi) is 5.87. The summed E-state index contributed by atoms with van der Waals surface area (Å²) in [7, 11) is 0. The average Bonchev–Trinajstić information content (AvgIpc) is 2.61. The molecule has 0 bridgehead atoms. The number of nitrogens with two attached hydrogens (primary N) is 1. The third-order valence-corrected chi connectivity index (χ3v) is 5.79. The predicted octanol–water partition coefficient (Wildman–Crippen LogP) is 4.62. The summed E-state index contributed by atoms with van der Waals surface area (Å²) in [6, 6.07) is 6.58. The van der Waals surface area contributed by atoms with Crippen molar-refractivity contribution in [1.82, 2.24) is 4.90 Å². The van der Waals surface area contributed by atoms with Gasteiger partial charge >= 0.3 is 6.09 Å². The summed E-state index contributed by atoms with van der Waals surface area (Å²) in [5.41, 5.74) is 9.33. The molecule has 0 atom stereocenters. The minimum absolute atomic E-state index is 0.199. The maximum Gasteiger partial charge on any atom is 0.410 e. The molecule has 1 amide bonds. The van der Waals surface area contributed by atoms with Gasteiger partial charge in [0.2, 0.25) is 0 Å². The molecule has 0 saturated carbocycles. The van der Waals surface area contributed by atoms with Gasteiger partial charge in [0.25, 0.3) is 0 Å². The van der Waals surface area contributed by atoms with Crippen LogP contribution in [0.5, 0.6) is 0 Å². The highest BCUT2D eigenvalue weighted by atomic mass is 16.6. The van der Waals surface area contributed by atoms with Gasteiger partial charge in [-0.05, 0) is 76.0 Å². The quantitative estimate of drug-likeness (QED) is 0.769. The zero-order chi connectivity index (χ0) is 19.6. The van der Waals surface area contributed by atoms with E-state index in [1.54, 1.807) is 0 Å². The Morgan fingerprint density at radius 3 is 2.26 bits per heavy atom. The molecule has 0 spiro atoms. The number of amides is 1. The average molecular weight is 374 g/mol. The van der Waals surface area contributed by atoms with Gasteiger partial charge in [-0.15, -0.1) is 0 Å². The Labute approximate surface area is 163 Å². The Hall–Kier alpha value is -1.91. The Morgan fingerprint density at radius 1 is 1.07 bits per heavy atom. The fourth-order valence-corrected chi connectivity index (χ4v) is 4.09. The summed E-state index contributed by atoms with van der Waals surface area (Å²) in [5.74, 6) is 1.28. The van der Waals surface area contributed by atoms with E-state index in [1.165, 1.54) is 24.1 Å². The Balaban J connectivity index is 1.58. The highest BCUT2D eigenvalue weighted by Crippen LogP contribution is 2.34. The van der Waals surface area contributed by atoms with Gasteiger partial charge in [0.15, 0.2) is 0 Å². The highest BCUT2D eigenvalue weighted by molar-refractivity contribution is 5.69. The molecule has 3 rings (SSSR count). The van der Waals surface area contributed by atoms with Crippen molar-refractivity contribution in [2.45, 2.75) is 64.9 Å². The molecule has 2 N–H and O–H groups in total. The number of rotatable bonds is 2. The van der Waals surface area contributed by atoms with Crippen LogP contribution in [0.25, 0.3) is 0 Å². The molecule has 150 valence electrons. The molecule has 27 heavy (non-hydrogen) atoms. The van der Waals surface area contributed by atoms with Crippen LogP contribution in [0.1, 0.15) is 64.9 Å². The molecular formula is C22H35N3O2. The summed E-state index contributed by atoms with van der Waals surface area (Å²) in [6.07, 6.45) is 4.20. The zero-order valence-corrected chi connectivity index (χ0v) is 17.3. The van der Waals surface area contributed by atoms with Crippen molar-refractivity contribution in [2.24, 2.45) is 5.92 Å². The molecule has 5 nitrogen and oxygen atoms in total. The lowest BCUT2D eigenvalue weighted by Crippen LogP contribution is -2.41. The SMILES string of the molecule is CC1CCN(c2ccc(C3CCN(C(=O)OC(C)(C)C)CC3)cc2N)CC1. The van der Waals surface area contributed by atoms with Gasteiger partial charge in [-0.2, -0.15) is 0 Å². The summed E-state index contributed by atoms with van der Waals surface area (Å²) >= 11 is 0. The summed E-state index contributed by atoms with van der Waals surface area (Å²) in [6.45, 7) is 11.7. The van der Waals surface area contributed by atoms with Crippen molar-refractivity contribution in [3.05, 3.63) is 23.8 Å². The molecular weight excluding hydrogens is 338 g/mol. The molecule has 1 aromatic carbocycles.